The molecule has 2 aromatic heterocycles. The summed E-state index contributed by atoms with van der Waals surface area (Å²) in [5.74, 6) is 1.08. The predicted molar refractivity (Wildman–Crippen MR) is 77.6 cm³/mol. The molecule has 21 heavy (non-hydrogen) atoms. The Bertz CT molecular complexity index is 782. The Morgan fingerprint density at radius 3 is 2.67 bits per heavy atom. The van der Waals surface area contributed by atoms with Gasteiger partial charge >= 0.3 is 0 Å². The van der Waals surface area contributed by atoms with Gasteiger partial charge in [-0.15, -0.1) is 10.2 Å². The van der Waals surface area contributed by atoms with Gasteiger partial charge in [-0.05, 0) is 41.7 Å². The zero-order chi connectivity index (χ0) is 14.2. The van der Waals surface area contributed by atoms with Crippen LogP contribution < -0.4 is 0 Å². The molecule has 0 bridgehead atoms. The summed E-state index contributed by atoms with van der Waals surface area (Å²) >= 11 is 6.37. The highest BCUT2D eigenvalue weighted by Gasteiger charge is 2.25. The van der Waals surface area contributed by atoms with E-state index in [1.165, 1.54) is 24.7 Å². The van der Waals surface area contributed by atoms with E-state index in [0.29, 0.717) is 17.4 Å². The number of hydrogen-bond acceptors (Lipinski definition) is 5. The van der Waals surface area contributed by atoms with Crippen LogP contribution in [0.4, 0.5) is 0 Å². The molecule has 0 saturated heterocycles. The van der Waals surface area contributed by atoms with Crippen molar-refractivity contribution in [2.75, 3.05) is 0 Å². The summed E-state index contributed by atoms with van der Waals surface area (Å²) in [4.78, 5) is 8.45. The van der Waals surface area contributed by atoms with Gasteiger partial charge in [-0.25, -0.2) is 9.97 Å². The predicted octanol–water partition coefficient (Wildman–Crippen LogP) is 2.85. The summed E-state index contributed by atoms with van der Waals surface area (Å²) < 4.78 is 0. The first-order valence-electron chi connectivity index (χ1n) is 6.67. The summed E-state index contributed by atoms with van der Waals surface area (Å²) in [6.07, 6.45) is 3.95. The third-order valence-corrected chi connectivity index (χ3v) is 3.88. The van der Waals surface area contributed by atoms with E-state index in [0.717, 1.165) is 16.3 Å². The number of hydrogen-bond donors (Lipinski definition) is 1. The second-order valence-corrected chi connectivity index (χ2v) is 5.44. The van der Waals surface area contributed by atoms with Gasteiger partial charge in [0.15, 0.2) is 0 Å². The molecule has 1 aliphatic rings. The molecular formula is C14H11ClN6. The summed E-state index contributed by atoms with van der Waals surface area (Å²) in [6, 6.07) is 7.91. The first-order chi connectivity index (χ1) is 10.3. The average Bonchev–Trinajstić information content (AvgIpc) is 3.20. The van der Waals surface area contributed by atoms with Crippen LogP contribution in [-0.4, -0.2) is 30.6 Å². The van der Waals surface area contributed by atoms with E-state index >= 15 is 0 Å². The van der Waals surface area contributed by atoms with Gasteiger partial charge in [0.2, 0.25) is 5.82 Å². The number of aromatic nitrogens is 6. The lowest BCUT2D eigenvalue weighted by atomic mass is 10.1. The molecule has 0 radical (unpaired) electrons. The van der Waals surface area contributed by atoms with Crippen LogP contribution in [0.3, 0.4) is 0 Å². The zero-order valence-corrected chi connectivity index (χ0v) is 11.7. The normalized spacial score (nSPS) is 14.3. The monoisotopic (exact) mass is 298 g/mol. The molecular weight excluding hydrogens is 288 g/mol. The van der Waals surface area contributed by atoms with Crippen LogP contribution in [0.1, 0.15) is 24.3 Å². The van der Waals surface area contributed by atoms with Crippen LogP contribution in [-0.2, 0) is 0 Å². The minimum absolute atomic E-state index is 0.444. The largest absolute Gasteiger partial charge is 0.236 e. The van der Waals surface area contributed by atoms with Gasteiger partial charge in [-0.1, -0.05) is 23.7 Å². The number of nitrogens with zero attached hydrogens (tertiary/aromatic N) is 5. The number of nitrogens with one attached hydrogen (secondary N) is 1. The molecule has 0 atom stereocenters. The lowest BCUT2D eigenvalue weighted by Crippen LogP contribution is -1.92. The van der Waals surface area contributed by atoms with Gasteiger partial charge in [-0.3, -0.25) is 0 Å². The molecule has 104 valence electrons. The lowest BCUT2D eigenvalue weighted by Gasteiger charge is -2.06. The quantitative estimate of drug-likeness (QED) is 0.804. The van der Waals surface area contributed by atoms with Gasteiger partial charge in [0.25, 0.3) is 0 Å². The number of benzene rings is 1. The van der Waals surface area contributed by atoms with Crippen LogP contribution in [0.25, 0.3) is 22.8 Å². The van der Waals surface area contributed by atoms with Crippen molar-refractivity contribution in [3.8, 4) is 22.8 Å². The molecule has 2 heterocycles. The zero-order valence-electron chi connectivity index (χ0n) is 11.0. The summed E-state index contributed by atoms with van der Waals surface area (Å²) in [5, 5.41) is 14.6. The van der Waals surface area contributed by atoms with Crippen molar-refractivity contribution in [3.63, 3.8) is 0 Å². The minimum Gasteiger partial charge on any atom is -0.236 e. The second-order valence-electron chi connectivity index (χ2n) is 5.03. The molecule has 1 aliphatic carbocycles. The smallest absolute Gasteiger partial charge is 0.223 e. The fraction of sp³-hybridized carbons (Fsp3) is 0.214. The second kappa shape index (κ2) is 4.89. The van der Waals surface area contributed by atoms with E-state index in [4.69, 9.17) is 11.6 Å². The van der Waals surface area contributed by atoms with E-state index in [-0.39, 0.29) is 0 Å². The molecule has 1 fully saturated rings. The Labute approximate surface area is 125 Å². The topological polar surface area (TPSA) is 80.2 Å². The maximum absolute atomic E-state index is 6.37. The van der Waals surface area contributed by atoms with Crippen LogP contribution in [0, 0.1) is 0 Å². The van der Waals surface area contributed by atoms with Gasteiger partial charge in [0, 0.05) is 10.6 Å². The standard InChI is InChI=1S/C14H11ClN6/c15-11-5-9(3-4-10(11)8-1-2-8)12-6-13(17-7-16-12)14-18-20-21-19-14/h3-8H,1-2H2,(H,18,19,20,21). The van der Waals surface area contributed by atoms with Gasteiger partial charge < -0.3 is 0 Å². The molecule has 3 aromatic rings. The van der Waals surface area contributed by atoms with Crippen LogP contribution in [0.5, 0.6) is 0 Å². The Balaban J connectivity index is 1.73. The van der Waals surface area contributed by atoms with Crippen molar-refractivity contribution >= 4 is 11.6 Å². The molecule has 1 saturated carbocycles. The molecule has 0 unspecified atom stereocenters. The molecule has 1 aromatic carbocycles. The maximum Gasteiger partial charge on any atom is 0.223 e. The Hall–Kier alpha value is -2.34. The maximum atomic E-state index is 6.37. The molecule has 1 N–H and O–H groups in total. The lowest BCUT2D eigenvalue weighted by molar-refractivity contribution is 0.881. The number of rotatable bonds is 3. The molecule has 6 nitrogen and oxygen atoms in total. The van der Waals surface area contributed by atoms with Crippen LogP contribution in [0.2, 0.25) is 5.02 Å². The first-order valence-corrected chi connectivity index (χ1v) is 7.05. The molecule has 0 spiro atoms. The van der Waals surface area contributed by atoms with E-state index < -0.39 is 0 Å². The van der Waals surface area contributed by atoms with Gasteiger partial charge in [0.05, 0.1) is 5.69 Å². The molecule has 4 rings (SSSR count). The van der Waals surface area contributed by atoms with Crippen LogP contribution in [0.15, 0.2) is 30.6 Å². The Morgan fingerprint density at radius 1 is 1.10 bits per heavy atom. The van der Waals surface area contributed by atoms with E-state index in [9.17, 15) is 0 Å². The van der Waals surface area contributed by atoms with Crippen molar-refractivity contribution in [2.45, 2.75) is 18.8 Å². The SMILES string of the molecule is Clc1cc(-c2cc(-c3nn[nH]n3)ncn2)ccc1C1CC1. The van der Waals surface area contributed by atoms with Crippen molar-refractivity contribution in [3.05, 3.63) is 41.2 Å². The van der Waals surface area contributed by atoms with E-state index in [2.05, 4.69) is 36.7 Å². The summed E-state index contributed by atoms with van der Waals surface area (Å²) in [7, 11) is 0. The number of halogens is 1. The van der Waals surface area contributed by atoms with Crippen molar-refractivity contribution in [2.24, 2.45) is 0 Å². The fourth-order valence-electron chi connectivity index (χ4n) is 2.32. The number of tetrazole rings is 1. The number of H-pyrrole nitrogens is 1. The van der Waals surface area contributed by atoms with E-state index in [1.807, 2.05) is 18.2 Å². The molecule has 7 heteroatoms. The summed E-state index contributed by atoms with van der Waals surface area (Å²) in [5.41, 5.74) is 3.59. The van der Waals surface area contributed by atoms with Gasteiger partial charge in [-0.2, -0.15) is 5.21 Å². The summed E-state index contributed by atoms with van der Waals surface area (Å²) in [6.45, 7) is 0. The highest BCUT2D eigenvalue weighted by molar-refractivity contribution is 6.31. The third kappa shape index (κ3) is 2.38. The van der Waals surface area contributed by atoms with E-state index in [1.54, 1.807) is 0 Å². The van der Waals surface area contributed by atoms with Crippen molar-refractivity contribution in [1.29, 1.82) is 0 Å². The number of aromatic amines is 1. The van der Waals surface area contributed by atoms with Crippen molar-refractivity contribution < 1.29 is 0 Å². The van der Waals surface area contributed by atoms with Gasteiger partial charge in [0.1, 0.15) is 12.0 Å². The fourth-order valence-corrected chi connectivity index (χ4v) is 2.65. The Morgan fingerprint density at radius 2 is 1.95 bits per heavy atom. The van der Waals surface area contributed by atoms with Crippen molar-refractivity contribution in [1.82, 2.24) is 30.6 Å². The average molecular weight is 299 g/mol. The highest BCUT2D eigenvalue weighted by atomic mass is 35.5. The Kier molecular flexibility index (Phi) is 2.89. The highest BCUT2D eigenvalue weighted by Crippen LogP contribution is 2.44. The first kappa shape index (κ1) is 12.4. The molecule has 0 amide bonds. The third-order valence-electron chi connectivity index (χ3n) is 3.55. The van der Waals surface area contributed by atoms with Crippen LogP contribution >= 0.6 is 11.6 Å². The minimum atomic E-state index is 0.444. The molecule has 0 aliphatic heterocycles.